The van der Waals surface area contributed by atoms with Gasteiger partial charge in [0.2, 0.25) is 10.0 Å². The van der Waals surface area contributed by atoms with Crippen molar-refractivity contribution in [2.75, 3.05) is 26.2 Å². The summed E-state index contributed by atoms with van der Waals surface area (Å²) in [6, 6.07) is 24.6. The molecule has 1 unspecified atom stereocenters. The minimum Gasteiger partial charge on any atom is -0.481 e. The van der Waals surface area contributed by atoms with E-state index in [0.29, 0.717) is 31.1 Å². The smallest absolute Gasteiger partial charge is 0.307 e. The summed E-state index contributed by atoms with van der Waals surface area (Å²) in [5.74, 6) is -0.863. The number of carbonyl (C=O) groups is 1. The Balaban J connectivity index is 1.58. The quantitative estimate of drug-likeness (QED) is 0.577. The van der Waals surface area contributed by atoms with Gasteiger partial charge >= 0.3 is 5.97 Å². The maximum Gasteiger partial charge on any atom is 0.307 e. The van der Waals surface area contributed by atoms with Gasteiger partial charge in [0.25, 0.3) is 0 Å². The first-order valence-corrected chi connectivity index (χ1v) is 12.4. The third-order valence-corrected chi connectivity index (χ3v) is 7.95. The van der Waals surface area contributed by atoms with Crippen LogP contribution in [-0.4, -0.2) is 54.9 Å². The van der Waals surface area contributed by atoms with Crippen molar-refractivity contribution in [2.24, 2.45) is 0 Å². The van der Waals surface area contributed by atoms with Crippen LogP contribution in [-0.2, 0) is 21.2 Å². The number of sulfonamides is 1. The summed E-state index contributed by atoms with van der Waals surface area (Å²) in [5.41, 5.74) is 3.88. The van der Waals surface area contributed by atoms with E-state index in [2.05, 4.69) is 17.0 Å². The predicted octanol–water partition coefficient (Wildman–Crippen LogP) is 3.72. The third-order valence-electron chi connectivity index (χ3n) is 6.03. The van der Waals surface area contributed by atoms with Gasteiger partial charge in [-0.2, -0.15) is 4.31 Å². The van der Waals surface area contributed by atoms with Crippen molar-refractivity contribution in [1.29, 1.82) is 0 Å². The van der Waals surface area contributed by atoms with Gasteiger partial charge in [-0.25, -0.2) is 8.42 Å². The molecule has 0 saturated carbocycles. The fraction of sp³-hybridized carbons (Fsp3) is 0.269. The number of carboxylic acids is 1. The van der Waals surface area contributed by atoms with Gasteiger partial charge in [-0.15, -0.1) is 0 Å². The van der Waals surface area contributed by atoms with Crippen LogP contribution in [0.4, 0.5) is 0 Å². The molecule has 7 heteroatoms. The maximum absolute atomic E-state index is 13.1. The van der Waals surface area contributed by atoms with Crippen LogP contribution in [0.15, 0.2) is 83.8 Å². The average molecular weight is 465 g/mol. The monoisotopic (exact) mass is 464 g/mol. The molecule has 1 atom stereocenters. The number of piperazine rings is 1. The van der Waals surface area contributed by atoms with Crippen LogP contribution >= 0.6 is 0 Å². The van der Waals surface area contributed by atoms with E-state index in [-0.39, 0.29) is 12.5 Å². The molecule has 1 heterocycles. The van der Waals surface area contributed by atoms with Gasteiger partial charge in [0.1, 0.15) is 0 Å². The van der Waals surface area contributed by atoms with Crippen LogP contribution in [0.1, 0.15) is 28.3 Å². The molecule has 1 saturated heterocycles. The molecule has 1 fully saturated rings. The largest absolute Gasteiger partial charge is 0.481 e. The molecule has 3 aromatic rings. The van der Waals surface area contributed by atoms with Gasteiger partial charge in [0.15, 0.2) is 0 Å². The topological polar surface area (TPSA) is 77.9 Å². The minimum atomic E-state index is -3.54. The van der Waals surface area contributed by atoms with Crippen LogP contribution in [0.5, 0.6) is 0 Å². The highest BCUT2D eigenvalue weighted by atomic mass is 32.2. The summed E-state index contributed by atoms with van der Waals surface area (Å²) < 4.78 is 27.8. The predicted molar refractivity (Wildman–Crippen MR) is 128 cm³/mol. The molecule has 6 nitrogen and oxygen atoms in total. The van der Waals surface area contributed by atoms with Gasteiger partial charge < -0.3 is 5.11 Å². The molecule has 3 aromatic carbocycles. The Hall–Kier alpha value is -3.00. The van der Waals surface area contributed by atoms with Crippen molar-refractivity contribution in [3.63, 3.8) is 0 Å². The van der Waals surface area contributed by atoms with E-state index >= 15 is 0 Å². The second kappa shape index (κ2) is 9.87. The van der Waals surface area contributed by atoms with Crippen molar-refractivity contribution < 1.29 is 18.3 Å². The number of nitrogens with zero attached hydrogens (tertiary/aromatic N) is 2. The van der Waals surface area contributed by atoms with Crippen molar-refractivity contribution in [2.45, 2.75) is 24.3 Å². The van der Waals surface area contributed by atoms with Crippen LogP contribution in [0, 0.1) is 6.92 Å². The normalized spacial score (nSPS) is 16.4. The lowest BCUT2D eigenvalue weighted by atomic mass is 9.94. The van der Waals surface area contributed by atoms with Gasteiger partial charge in [-0.3, -0.25) is 9.69 Å². The van der Waals surface area contributed by atoms with Gasteiger partial charge in [0.05, 0.1) is 17.4 Å². The number of hydrogen-bond acceptors (Lipinski definition) is 4. The number of rotatable bonds is 7. The summed E-state index contributed by atoms with van der Waals surface area (Å²) in [6.45, 7) is 3.88. The molecule has 0 aliphatic carbocycles. The van der Waals surface area contributed by atoms with E-state index in [1.807, 2.05) is 61.5 Å². The van der Waals surface area contributed by atoms with E-state index in [1.54, 1.807) is 16.4 Å². The zero-order chi connectivity index (χ0) is 23.4. The molecule has 0 aromatic heterocycles. The zero-order valence-corrected chi connectivity index (χ0v) is 19.4. The fourth-order valence-corrected chi connectivity index (χ4v) is 5.78. The summed E-state index contributed by atoms with van der Waals surface area (Å²) in [6.07, 6.45) is -0.0298. The molecule has 1 N–H and O–H groups in total. The molecule has 4 rings (SSSR count). The first-order chi connectivity index (χ1) is 15.8. The highest BCUT2D eigenvalue weighted by molar-refractivity contribution is 7.89. The molecule has 0 spiro atoms. The Bertz CT molecular complexity index is 1200. The standard InChI is InChI=1S/C26H28N2O4S/c1-20-10-12-24(13-11-20)33(31,32)28-16-14-27(15-17-28)26(22-7-3-2-4-8-22)23-9-5-6-21(18-23)19-25(29)30/h2-13,18,26H,14-17,19H2,1H3,(H,29,30). The van der Waals surface area contributed by atoms with Gasteiger partial charge in [-0.05, 0) is 35.7 Å². The maximum atomic E-state index is 13.1. The summed E-state index contributed by atoms with van der Waals surface area (Å²) in [7, 11) is -3.54. The van der Waals surface area contributed by atoms with Gasteiger partial charge in [0, 0.05) is 26.2 Å². The highest BCUT2D eigenvalue weighted by Gasteiger charge is 2.32. The number of hydrogen-bond donors (Lipinski definition) is 1. The summed E-state index contributed by atoms with van der Waals surface area (Å²) in [4.78, 5) is 13.8. The van der Waals surface area contributed by atoms with Gasteiger partial charge in [-0.1, -0.05) is 72.3 Å². The Kier molecular flexibility index (Phi) is 6.93. The first kappa shape index (κ1) is 23.2. The number of carboxylic acid groups (broad SMARTS) is 1. The third kappa shape index (κ3) is 5.33. The summed E-state index contributed by atoms with van der Waals surface area (Å²) in [5, 5.41) is 9.20. The molecule has 0 radical (unpaired) electrons. The lowest BCUT2D eigenvalue weighted by molar-refractivity contribution is -0.136. The molecule has 1 aliphatic rings. The zero-order valence-electron chi connectivity index (χ0n) is 18.6. The van der Waals surface area contributed by atoms with E-state index in [0.717, 1.165) is 22.3 Å². The second-order valence-electron chi connectivity index (χ2n) is 8.38. The van der Waals surface area contributed by atoms with E-state index in [1.165, 1.54) is 0 Å². The Morgan fingerprint density at radius 3 is 2.15 bits per heavy atom. The van der Waals surface area contributed by atoms with E-state index < -0.39 is 16.0 Å². The van der Waals surface area contributed by atoms with Crippen molar-refractivity contribution in [3.8, 4) is 0 Å². The molecule has 33 heavy (non-hydrogen) atoms. The summed E-state index contributed by atoms with van der Waals surface area (Å²) >= 11 is 0. The second-order valence-corrected chi connectivity index (χ2v) is 10.3. The van der Waals surface area contributed by atoms with Crippen molar-refractivity contribution >= 4 is 16.0 Å². The van der Waals surface area contributed by atoms with Crippen LogP contribution in [0.2, 0.25) is 0 Å². The molecule has 0 bridgehead atoms. The Morgan fingerprint density at radius 1 is 0.879 bits per heavy atom. The fourth-order valence-electron chi connectivity index (χ4n) is 4.36. The molecule has 1 aliphatic heterocycles. The number of aliphatic carboxylic acids is 1. The van der Waals surface area contributed by atoms with Crippen molar-refractivity contribution in [1.82, 2.24) is 9.21 Å². The highest BCUT2D eigenvalue weighted by Crippen LogP contribution is 2.31. The minimum absolute atomic E-state index is 0.0298. The molecular weight excluding hydrogens is 436 g/mol. The first-order valence-electron chi connectivity index (χ1n) is 11.0. The van der Waals surface area contributed by atoms with E-state index in [9.17, 15) is 18.3 Å². The lowest BCUT2D eigenvalue weighted by Crippen LogP contribution is -2.49. The number of aryl methyl sites for hydroxylation is 1. The van der Waals surface area contributed by atoms with E-state index in [4.69, 9.17) is 0 Å². The van der Waals surface area contributed by atoms with Crippen LogP contribution in [0.25, 0.3) is 0 Å². The Morgan fingerprint density at radius 2 is 1.52 bits per heavy atom. The SMILES string of the molecule is Cc1ccc(S(=O)(=O)N2CCN(C(c3ccccc3)c3cccc(CC(=O)O)c3)CC2)cc1. The van der Waals surface area contributed by atoms with Crippen LogP contribution < -0.4 is 0 Å². The molecule has 172 valence electrons. The van der Waals surface area contributed by atoms with Crippen LogP contribution in [0.3, 0.4) is 0 Å². The lowest BCUT2D eigenvalue weighted by Gasteiger charge is -2.39. The van der Waals surface area contributed by atoms with Crippen molar-refractivity contribution in [3.05, 3.63) is 101 Å². The average Bonchev–Trinajstić information content (AvgIpc) is 2.80. The molecular formula is C26H28N2O4S. The molecule has 0 amide bonds. The Labute approximate surface area is 195 Å². The number of benzene rings is 3.